The molecule has 1 aliphatic heterocycles. The highest BCUT2D eigenvalue weighted by molar-refractivity contribution is 6.30. The Morgan fingerprint density at radius 3 is 2.83 bits per heavy atom. The highest BCUT2D eigenvalue weighted by Crippen LogP contribution is 2.17. The normalized spacial score (nSPS) is 17.9. The third-order valence-electron chi connectivity index (χ3n) is 4.17. The molecule has 0 aliphatic carbocycles. The summed E-state index contributed by atoms with van der Waals surface area (Å²) >= 11 is 5.90. The first kappa shape index (κ1) is 16.5. The average molecular weight is 347 g/mol. The van der Waals surface area contributed by atoms with E-state index in [2.05, 4.69) is 15.7 Å². The van der Waals surface area contributed by atoms with Crippen LogP contribution in [0.3, 0.4) is 0 Å². The minimum absolute atomic E-state index is 0.122. The van der Waals surface area contributed by atoms with Crippen LogP contribution in [-0.4, -0.2) is 34.2 Å². The molecule has 3 rings (SSSR count). The summed E-state index contributed by atoms with van der Waals surface area (Å²) in [5.41, 5.74) is 1.99. The number of rotatable bonds is 3. The van der Waals surface area contributed by atoms with Crippen molar-refractivity contribution in [1.29, 1.82) is 0 Å². The van der Waals surface area contributed by atoms with E-state index in [-0.39, 0.29) is 11.8 Å². The van der Waals surface area contributed by atoms with E-state index in [4.69, 9.17) is 11.6 Å². The van der Waals surface area contributed by atoms with Crippen molar-refractivity contribution >= 4 is 23.4 Å². The molecule has 2 amide bonds. The number of carbonyl (C=O) groups is 2. The number of aromatic nitrogens is 2. The van der Waals surface area contributed by atoms with Crippen molar-refractivity contribution in [3.05, 3.63) is 46.7 Å². The molecule has 0 radical (unpaired) electrons. The molecule has 2 aromatic rings. The van der Waals surface area contributed by atoms with Crippen LogP contribution in [0, 0.1) is 6.92 Å². The quantitative estimate of drug-likeness (QED) is 0.894. The minimum atomic E-state index is -0.488. The van der Waals surface area contributed by atoms with Gasteiger partial charge in [0.2, 0.25) is 5.91 Å². The molecule has 1 aliphatic rings. The van der Waals surface area contributed by atoms with Crippen LogP contribution in [0.15, 0.2) is 30.5 Å². The molecule has 1 fully saturated rings. The van der Waals surface area contributed by atoms with Crippen LogP contribution in [0.1, 0.15) is 35.3 Å². The van der Waals surface area contributed by atoms with Gasteiger partial charge in [-0.1, -0.05) is 11.6 Å². The van der Waals surface area contributed by atoms with Gasteiger partial charge in [0.05, 0.1) is 23.1 Å². The molecule has 2 heterocycles. The predicted octanol–water partition coefficient (Wildman–Crippen LogP) is 2.23. The van der Waals surface area contributed by atoms with Gasteiger partial charge in [-0.25, -0.2) is 4.68 Å². The molecular formula is C17H19ClN4O2. The zero-order valence-corrected chi connectivity index (χ0v) is 14.1. The smallest absolute Gasteiger partial charge is 0.255 e. The Balaban J connectivity index is 1.78. The standard InChI is InChI=1S/C17H19ClN4O2/c1-11-14(10-20-22(11)13-7-5-12(18)6-8-13)16(23)21-15-4-2-3-9-19-17(15)24/h5-8,10,15H,2-4,9H2,1H3,(H,19,24)(H,21,23). The third-order valence-corrected chi connectivity index (χ3v) is 4.42. The van der Waals surface area contributed by atoms with Gasteiger partial charge in [0.25, 0.3) is 5.91 Å². The summed E-state index contributed by atoms with van der Waals surface area (Å²) in [5.74, 6) is -0.404. The first-order chi connectivity index (χ1) is 11.6. The number of nitrogens with zero attached hydrogens (tertiary/aromatic N) is 2. The van der Waals surface area contributed by atoms with Crippen LogP contribution in [0.25, 0.3) is 5.69 Å². The van der Waals surface area contributed by atoms with Crippen molar-refractivity contribution in [2.24, 2.45) is 0 Å². The van der Waals surface area contributed by atoms with Crippen LogP contribution < -0.4 is 10.6 Å². The first-order valence-corrected chi connectivity index (χ1v) is 8.33. The summed E-state index contributed by atoms with van der Waals surface area (Å²) in [6.45, 7) is 2.49. The van der Waals surface area contributed by atoms with Gasteiger partial charge in [0, 0.05) is 11.6 Å². The number of halogens is 1. The van der Waals surface area contributed by atoms with Crippen LogP contribution >= 0.6 is 11.6 Å². The highest BCUT2D eigenvalue weighted by atomic mass is 35.5. The Bertz CT molecular complexity index is 754. The first-order valence-electron chi connectivity index (χ1n) is 7.95. The van der Waals surface area contributed by atoms with Gasteiger partial charge in [-0.15, -0.1) is 0 Å². The molecule has 0 spiro atoms. The molecule has 1 aromatic carbocycles. The molecule has 1 atom stereocenters. The van der Waals surface area contributed by atoms with E-state index in [1.165, 1.54) is 6.20 Å². The molecule has 1 saturated heterocycles. The van der Waals surface area contributed by atoms with Gasteiger partial charge in [-0.05, 0) is 50.5 Å². The maximum absolute atomic E-state index is 12.5. The summed E-state index contributed by atoms with van der Waals surface area (Å²) in [5, 5.41) is 10.5. The second-order valence-electron chi connectivity index (χ2n) is 5.84. The summed E-state index contributed by atoms with van der Waals surface area (Å²) in [7, 11) is 0. The zero-order valence-electron chi connectivity index (χ0n) is 13.4. The van der Waals surface area contributed by atoms with Gasteiger partial charge < -0.3 is 10.6 Å². The van der Waals surface area contributed by atoms with E-state index in [1.54, 1.807) is 16.8 Å². The van der Waals surface area contributed by atoms with Crippen molar-refractivity contribution in [2.75, 3.05) is 6.54 Å². The van der Waals surface area contributed by atoms with Crippen LogP contribution in [0.5, 0.6) is 0 Å². The van der Waals surface area contributed by atoms with Gasteiger partial charge in [0.1, 0.15) is 6.04 Å². The molecule has 7 heteroatoms. The Kier molecular flexibility index (Phi) is 4.85. The number of nitrogens with one attached hydrogen (secondary N) is 2. The van der Waals surface area contributed by atoms with E-state index < -0.39 is 6.04 Å². The van der Waals surface area contributed by atoms with Gasteiger partial charge in [-0.2, -0.15) is 5.10 Å². The molecule has 1 unspecified atom stereocenters. The van der Waals surface area contributed by atoms with Crippen LogP contribution in [-0.2, 0) is 4.79 Å². The average Bonchev–Trinajstić information content (AvgIpc) is 2.84. The molecule has 0 bridgehead atoms. The zero-order chi connectivity index (χ0) is 17.1. The number of amides is 2. The Labute approximate surface area is 145 Å². The molecule has 126 valence electrons. The number of hydrogen-bond donors (Lipinski definition) is 2. The Morgan fingerprint density at radius 2 is 2.08 bits per heavy atom. The van der Waals surface area contributed by atoms with E-state index in [1.807, 2.05) is 19.1 Å². The van der Waals surface area contributed by atoms with E-state index in [0.29, 0.717) is 29.2 Å². The van der Waals surface area contributed by atoms with Crippen LogP contribution in [0.4, 0.5) is 0 Å². The monoisotopic (exact) mass is 346 g/mol. The molecule has 2 N–H and O–H groups in total. The lowest BCUT2D eigenvalue weighted by atomic mass is 10.1. The predicted molar refractivity (Wildman–Crippen MR) is 91.4 cm³/mol. The molecule has 24 heavy (non-hydrogen) atoms. The largest absolute Gasteiger partial charge is 0.354 e. The van der Waals surface area contributed by atoms with Crippen LogP contribution in [0.2, 0.25) is 5.02 Å². The second kappa shape index (κ2) is 7.05. The van der Waals surface area contributed by atoms with E-state index in [9.17, 15) is 9.59 Å². The number of benzene rings is 1. The van der Waals surface area contributed by atoms with Gasteiger partial charge in [-0.3, -0.25) is 9.59 Å². The molecule has 6 nitrogen and oxygen atoms in total. The maximum atomic E-state index is 12.5. The number of carbonyl (C=O) groups excluding carboxylic acids is 2. The van der Waals surface area contributed by atoms with Crippen molar-refractivity contribution in [2.45, 2.75) is 32.2 Å². The van der Waals surface area contributed by atoms with E-state index >= 15 is 0 Å². The molecular weight excluding hydrogens is 328 g/mol. The Hall–Kier alpha value is -2.34. The SMILES string of the molecule is Cc1c(C(=O)NC2CCCCNC2=O)cnn1-c1ccc(Cl)cc1. The van der Waals surface area contributed by atoms with E-state index in [0.717, 1.165) is 18.5 Å². The minimum Gasteiger partial charge on any atom is -0.354 e. The summed E-state index contributed by atoms with van der Waals surface area (Å²) in [6.07, 6.45) is 4.02. The fourth-order valence-corrected chi connectivity index (χ4v) is 2.91. The number of hydrogen-bond acceptors (Lipinski definition) is 3. The van der Waals surface area contributed by atoms with Crippen molar-refractivity contribution in [3.63, 3.8) is 0 Å². The van der Waals surface area contributed by atoms with Crippen molar-refractivity contribution < 1.29 is 9.59 Å². The summed E-state index contributed by atoms with van der Waals surface area (Å²) in [6, 6.07) is 6.73. The second-order valence-corrected chi connectivity index (χ2v) is 6.28. The molecule has 1 aromatic heterocycles. The fourth-order valence-electron chi connectivity index (χ4n) is 2.79. The lowest BCUT2D eigenvalue weighted by Gasteiger charge is -2.15. The highest BCUT2D eigenvalue weighted by Gasteiger charge is 2.24. The topological polar surface area (TPSA) is 76.0 Å². The van der Waals surface area contributed by atoms with Gasteiger partial charge in [0.15, 0.2) is 0 Å². The fraction of sp³-hybridized carbons (Fsp3) is 0.353. The third kappa shape index (κ3) is 3.43. The summed E-state index contributed by atoms with van der Waals surface area (Å²) < 4.78 is 1.68. The van der Waals surface area contributed by atoms with Crippen molar-refractivity contribution in [3.8, 4) is 5.69 Å². The lowest BCUT2D eigenvalue weighted by molar-refractivity contribution is -0.122. The Morgan fingerprint density at radius 1 is 1.33 bits per heavy atom. The van der Waals surface area contributed by atoms with Crippen molar-refractivity contribution in [1.82, 2.24) is 20.4 Å². The lowest BCUT2D eigenvalue weighted by Crippen LogP contribution is -2.45. The summed E-state index contributed by atoms with van der Waals surface area (Å²) in [4.78, 5) is 24.5. The maximum Gasteiger partial charge on any atom is 0.255 e. The van der Waals surface area contributed by atoms with Gasteiger partial charge >= 0.3 is 0 Å². The molecule has 0 saturated carbocycles.